The Hall–Kier alpha value is -1.60. The Labute approximate surface area is 109 Å². The van der Waals surface area contributed by atoms with Crippen LogP contribution in [0.15, 0.2) is 54.6 Å². The molecule has 0 amide bonds. The summed E-state index contributed by atoms with van der Waals surface area (Å²) in [6, 6.07) is 18.4. The van der Waals surface area contributed by atoms with Gasteiger partial charge in [0, 0.05) is 0 Å². The van der Waals surface area contributed by atoms with E-state index in [4.69, 9.17) is 0 Å². The number of benzene rings is 2. The van der Waals surface area contributed by atoms with Crippen molar-refractivity contribution >= 4 is 0 Å². The van der Waals surface area contributed by atoms with Gasteiger partial charge in [-0.3, -0.25) is 0 Å². The van der Waals surface area contributed by atoms with Gasteiger partial charge in [0.15, 0.2) is 0 Å². The Morgan fingerprint density at radius 2 is 1.56 bits per heavy atom. The molecule has 1 atom stereocenters. The first-order chi connectivity index (χ1) is 8.58. The summed E-state index contributed by atoms with van der Waals surface area (Å²) in [6.07, 6.45) is 1.63. The minimum absolute atomic E-state index is 0.736. The fourth-order valence-corrected chi connectivity index (χ4v) is 2.09. The van der Waals surface area contributed by atoms with Crippen molar-refractivity contribution in [2.45, 2.75) is 32.3 Å². The van der Waals surface area contributed by atoms with Gasteiger partial charge in [0.05, 0.1) is 5.60 Å². The van der Waals surface area contributed by atoms with Crippen LogP contribution in [0.3, 0.4) is 0 Å². The molecule has 1 heteroatoms. The van der Waals surface area contributed by atoms with Gasteiger partial charge in [0.2, 0.25) is 0 Å². The highest BCUT2D eigenvalue weighted by molar-refractivity contribution is 5.26. The minimum Gasteiger partial charge on any atom is -0.385 e. The maximum absolute atomic E-state index is 10.5. The average Bonchev–Trinajstić information content (AvgIpc) is 2.38. The van der Waals surface area contributed by atoms with Crippen LogP contribution < -0.4 is 0 Å². The molecule has 2 aromatic rings. The molecule has 1 N–H and O–H groups in total. The third-order valence-corrected chi connectivity index (χ3v) is 3.42. The number of hydrogen-bond donors (Lipinski definition) is 1. The van der Waals surface area contributed by atoms with Crippen molar-refractivity contribution < 1.29 is 5.11 Å². The zero-order valence-corrected chi connectivity index (χ0v) is 11.1. The highest BCUT2D eigenvalue weighted by Gasteiger charge is 2.22. The van der Waals surface area contributed by atoms with Crippen molar-refractivity contribution in [2.75, 3.05) is 0 Å². The van der Waals surface area contributed by atoms with Gasteiger partial charge in [-0.25, -0.2) is 0 Å². The molecule has 0 saturated heterocycles. The Bertz CT molecular complexity index is 483. The molecule has 0 fully saturated rings. The van der Waals surface area contributed by atoms with Gasteiger partial charge in [-0.15, -0.1) is 0 Å². The zero-order valence-electron chi connectivity index (χ0n) is 11.1. The van der Waals surface area contributed by atoms with Crippen LogP contribution in [0.25, 0.3) is 0 Å². The summed E-state index contributed by atoms with van der Waals surface area (Å²) in [4.78, 5) is 0. The normalized spacial score (nSPS) is 14.2. The lowest BCUT2D eigenvalue weighted by atomic mass is 9.89. The van der Waals surface area contributed by atoms with Gasteiger partial charge in [-0.1, -0.05) is 60.2 Å². The minimum atomic E-state index is -0.760. The van der Waals surface area contributed by atoms with E-state index >= 15 is 0 Å². The van der Waals surface area contributed by atoms with Gasteiger partial charge in [0.25, 0.3) is 0 Å². The average molecular weight is 240 g/mol. The summed E-state index contributed by atoms with van der Waals surface area (Å²) < 4.78 is 0. The molecular weight excluding hydrogens is 220 g/mol. The van der Waals surface area contributed by atoms with Crippen LogP contribution in [-0.4, -0.2) is 5.11 Å². The van der Waals surface area contributed by atoms with E-state index in [1.165, 1.54) is 11.1 Å². The van der Waals surface area contributed by atoms with E-state index in [0.717, 1.165) is 18.4 Å². The maximum atomic E-state index is 10.5. The summed E-state index contributed by atoms with van der Waals surface area (Å²) >= 11 is 0. The van der Waals surface area contributed by atoms with E-state index in [1.54, 1.807) is 0 Å². The van der Waals surface area contributed by atoms with Crippen molar-refractivity contribution in [3.8, 4) is 0 Å². The Balaban J connectivity index is 2.05. The standard InChI is InChI=1S/C17H20O/c1-14-8-10-16(11-9-14)17(2,18)13-12-15-6-4-3-5-7-15/h3-11,18H,12-13H2,1-2H3/t17-/m1/s1. The summed E-state index contributed by atoms with van der Waals surface area (Å²) in [5.74, 6) is 0. The molecule has 2 aromatic carbocycles. The van der Waals surface area contributed by atoms with Gasteiger partial charge in [-0.2, -0.15) is 0 Å². The van der Waals surface area contributed by atoms with Crippen LogP contribution in [0.2, 0.25) is 0 Å². The van der Waals surface area contributed by atoms with Crippen molar-refractivity contribution in [3.05, 3.63) is 71.3 Å². The number of hydrogen-bond acceptors (Lipinski definition) is 1. The molecule has 0 unspecified atom stereocenters. The molecule has 0 saturated carbocycles. The predicted octanol–water partition coefficient (Wildman–Crippen LogP) is 3.84. The lowest BCUT2D eigenvalue weighted by molar-refractivity contribution is 0.0480. The van der Waals surface area contributed by atoms with E-state index in [-0.39, 0.29) is 0 Å². The number of aryl methyl sites for hydroxylation is 2. The molecule has 0 heterocycles. The van der Waals surface area contributed by atoms with E-state index in [1.807, 2.05) is 49.4 Å². The fraction of sp³-hybridized carbons (Fsp3) is 0.294. The zero-order chi connectivity index (χ0) is 13.0. The molecule has 0 aromatic heterocycles. The van der Waals surface area contributed by atoms with Gasteiger partial charge in [0.1, 0.15) is 0 Å². The molecular formula is C17H20O. The summed E-state index contributed by atoms with van der Waals surface area (Å²) in [7, 11) is 0. The molecule has 1 nitrogen and oxygen atoms in total. The summed E-state index contributed by atoms with van der Waals surface area (Å²) in [5, 5.41) is 10.5. The van der Waals surface area contributed by atoms with Crippen LogP contribution in [-0.2, 0) is 12.0 Å². The van der Waals surface area contributed by atoms with E-state index in [0.29, 0.717) is 0 Å². The summed E-state index contributed by atoms with van der Waals surface area (Å²) in [5.41, 5.74) is 2.72. The van der Waals surface area contributed by atoms with E-state index in [9.17, 15) is 5.11 Å². The van der Waals surface area contributed by atoms with Gasteiger partial charge >= 0.3 is 0 Å². The van der Waals surface area contributed by atoms with E-state index in [2.05, 4.69) is 19.1 Å². The number of aliphatic hydroxyl groups is 1. The van der Waals surface area contributed by atoms with Crippen molar-refractivity contribution in [2.24, 2.45) is 0 Å². The molecule has 18 heavy (non-hydrogen) atoms. The maximum Gasteiger partial charge on any atom is 0.0871 e. The van der Waals surface area contributed by atoms with Crippen LogP contribution in [0.1, 0.15) is 30.0 Å². The predicted molar refractivity (Wildman–Crippen MR) is 75.5 cm³/mol. The smallest absolute Gasteiger partial charge is 0.0871 e. The lowest BCUT2D eigenvalue weighted by Gasteiger charge is -2.24. The first-order valence-corrected chi connectivity index (χ1v) is 6.41. The Kier molecular flexibility index (Phi) is 3.83. The van der Waals surface area contributed by atoms with Crippen LogP contribution in [0.4, 0.5) is 0 Å². The first-order valence-electron chi connectivity index (χ1n) is 6.41. The molecule has 0 aliphatic rings. The molecule has 2 rings (SSSR count). The monoisotopic (exact) mass is 240 g/mol. The van der Waals surface area contributed by atoms with Crippen LogP contribution in [0, 0.1) is 6.92 Å². The molecule has 0 bridgehead atoms. The molecule has 0 radical (unpaired) electrons. The van der Waals surface area contributed by atoms with Gasteiger partial charge in [-0.05, 0) is 37.8 Å². The van der Waals surface area contributed by atoms with E-state index < -0.39 is 5.60 Å². The second kappa shape index (κ2) is 5.36. The fourth-order valence-electron chi connectivity index (χ4n) is 2.09. The Morgan fingerprint density at radius 1 is 0.944 bits per heavy atom. The van der Waals surface area contributed by atoms with Gasteiger partial charge < -0.3 is 5.11 Å². The highest BCUT2D eigenvalue weighted by Crippen LogP contribution is 2.26. The quantitative estimate of drug-likeness (QED) is 0.861. The Morgan fingerprint density at radius 3 is 2.17 bits per heavy atom. The molecule has 0 aliphatic carbocycles. The first kappa shape index (κ1) is 12.8. The topological polar surface area (TPSA) is 20.2 Å². The number of rotatable bonds is 4. The second-order valence-electron chi connectivity index (χ2n) is 5.13. The second-order valence-corrected chi connectivity index (χ2v) is 5.13. The van der Waals surface area contributed by atoms with Crippen LogP contribution in [0.5, 0.6) is 0 Å². The molecule has 94 valence electrons. The molecule has 0 aliphatic heterocycles. The molecule has 0 spiro atoms. The SMILES string of the molecule is Cc1ccc([C@](C)(O)CCc2ccccc2)cc1. The van der Waals surface area contributed by atoms with Crippen LogP contribution >= 0.6 is 0 Å². The largest absolute Gasteiger partial charge is 0.385 e. The third-order valence-electron chi connectivity index (χ3n) is 3.42. The van der Waals surface area contributed by atoms with Crippen molar-refractivity contribution in [3.63, 3.8) is 0 Å². The van der Waals surface area contributed by atoms with Crippen molar-refractivity contribution in [1.82, 2.24) is 0 Å². The highest BCUT2D eigenvalue weighted by atomic mass is 16.3. The third kappa shape index (κ3) is 3.21. The summed E-state index contributed by atoms with van der Waals surface area (Å²) in [6.45, 7) is 3.95. The lowest BCUT2D eigenvalue weighted by Crippen LogP contribution is -2.21. The van der Waals surface area contributed by atoms with Crippen molar-refractivity contribution in [1.29, 1.82) is 0 Å².